The first-order valence-electron chi connectivity index (χ1n) is 9.72. The van der Waals surface area contributed by atoms with Crippen molar-refractivity contribution >= 4 is 28.5 Å². The molecule has 0 bridgehead atoms. The molecule has 1 aliphatic heterocycles. The summed E-state index contributed by atoms with van der Waals surface area (Å²) < 4.78 is 41.0. The molecule has 1 aliphatic rings. The first-order valence-corrected chi connectivity index (χ1v) is 10.1. The van der Waals surface area contributed by atoms with E-state index in [1.165, 1.54) is 7.05 Å². The van der Waals surface area contributed by atoms with Crippen LogP contribution in [0.4, 0.5) is 13.2 Å². The van der Waals surface area contributed by atoms with E-state index in [-0.39, 0.29) is 24.6 Å². The topological polar surface area (TPSA) is 79.7 Å². The van der Waals surface area contributed by atoms with Crippen LogP contribution in [-0.4, -0.2) is 36.0 Å². The van der Waals surface area contributed by atoms with E-state index in [0.29, 0.717) is 11.1 Å². The second kappa shape index (κ2) is 7.33. The summed E-state index contributed by atoms with van der Waals surface area (Å²) in [6.07, 6.45) is -4.57. The second-order valence-corrected chi connectivity index (χ2v) is 8.01. The molecular formula is C21H16ClF3N6O. The minimum absolute atomic E-state index is 0.0906. The lowest BCUT2D eigenvalue weighted by molar-refractivity contribution is -0.141. The fourth-order valence-corrected chi connectivity index (χ4v) is 4.49. The van der Waals surface area contributed by atoms with Crippen molar-refractivity contribution in [2.45, 2.75) is 25.2 Å². The Morgan fingerprint density at radius 2 is 1.97 bits per heavy atom. The number of fused-ring (bicyclic) bond motifs is 2. The predicted octanol–water partition coefficient (Wildman–Crippen LogP) is 4.30. The Bertz CT molecular complexity index is 1350. The summed E-state index contributed by atoms with van der Waals surface area (Å²) in [5, 5.41) is 13.7. The third kappa shape index (κ3) is 3.31. The third-order valence-corrected chi connectivity index (χ3v) is 6.08. The zero-order valence-corrected chi connectivity index (χ0v) is 17.4. The van der Waals surface area contributed by atoms with Crippen molar-refractivity contribution in [3.63, 3.8) is 0 Å². The van der Waals surface area contributed by atoms with Crippen LogP contribution in [0.3, 0.4) is 0 Å². The number of carbonyl (C=O) groups is 1. The Kier molecular flexibility index (Phi) is 4.70. The Labute approximate surface area is 184 Å². The number of hydrogen-bond acceptors (Lipinski definition) is 4. The lowest BCUT2D eigenvalue weighted by Gasteiger charge is -2.26. The van der Waals surface area contributed by atoms with Gasteiger partial charge in [0.15, 0.2) is 5.69 Å². The molecule has 3 heterocycles. The minimum Gasteiger partial charge on any atom is -0.327 e. The van der Waals surface area contributed by atoms with Gasteiger partial charge in [0.05, 0.1) is 22.3 Å². The molecule has 0 aliphatic carbocycles. The highest BCUT2D eigenvalue weighted by molar-refractivity contribution is 6.32. The van der Waals surface area contributed by atoms with Crippen LogP contribution in [-0.2, 0) is 26.2 Å². The molecular weight excluding hydrogens is 445 g/mol. The van der Waals surface area contributed by atoms with E-state index in [1.807, 2.05) is 24.3 Å². The molecule has 0 fully saturated rings. The fraction of sp³-hybridized carbons (Fsp3) is 0.238. The van der Waals surface area contributed by atoms with Crippen LogP contribution < -0.4 is 0 Å². The monoisotopic (exact) mass is 460 g/mol. The molecule has 32 heavy (non-hydrogen) atoms. The maximum atomic E-state index is 13.3. The molecule has 1 unspecified atom stereocenters. The molecule has 0 radical (unpaired) electrons. The standard InChI is InChI=1S/C21H16ClF3N6O/c1-30-17(18(22)19(28-30)21(23,24)25)9-16-12-4-2-3-5-13(12)20(32)31(16)10-11-6-7-14-15(8-11)27-29-26-14/h2-8,16H,9-10H2,1H3,(H,26,27,29). The quantitative estimate of drug-likeness (QED) is 0.492. The number of hydrogen-bond donors (Lipinski definition) is 1. The summed E-state index contributed by atoms with van der Waals surface area (Å²) in [6.45, 7) is 0.253. The number of rotatable bonds is 4. The number of carbonyl (C=O) groups excluding carboxylic acids is 1. The van der Waals surface area contributed by atoms with Crippen LogP contribution >= 0.6 is 11.6 Å². The van der Waals surface area contributed by atoms with E-state index in [0.717, 1.165) is 21.3 Å². The van der Waals surface area contributed by atoms with Gasteiger partial charge in [0.2, 0.25) is 0 Å². The third-order valence-electron chi connectivity index (χ3n) is 5.69. The maximum Gasteiger partial charge on any atom is 0.436 e. The van der Waals surface area contributed by atoms with Crippen LogP contribution in [0.1, 0.15) is 38.9 Å². The number of halogens is 4. The van der Waals surface area contributed by atoms with Crippen molar-refractivity contribution in [1.29, 1.82) is 0 Å². The molecule has 2 aromatic heterocycles. The minimum atomic E-state index is -4.66. The zero-order valence-electron chi connectivity index (χ0n) is 16.7. The number of aryl methyl sites for hydroxylation is 1. The molecule has 164 valence electrons. The number of aromatic nitrogens is 5. The summed E-state index contributed by atoms with van der Waals surface area (Å²) in [5.41, 5.74) is 2.60. The van der Waals surface area contributed by atoms with Gasteiger partial charge in [-0.15, -0.1) is 5.10 Å². The first kappa shape index (κ1) is 20.5. The molecule has 2 aromatic carbocycles. The highest BCUT2D eigenvalue weighted by atomic mass is 35.5. The number of amides is 1. The Balaban J connectivity index is 1.53. The van der Waals surface area contributed by atoms with Gasteiger partial charge < -0.3 is 4.90 Å². The Morgan fingerprint density at radius 3 is 2.72 bits per heavy atom. The van der Waals surface area contributed by atoms with Gasteiger partial charge in [0.25, 0.3) is 5.91 Å². The smallest absolute Gasteiger partial charge is 0.327 e. The van der Waals surface area contributed by atoms with Crippen molar-refractivity contribution < 1.29 is 18.0 Å². The Hall–Kier alpha value is -3.40. The van der Waals surface area contributed by atoms with Gasteiger partial charge in [0.1, 0.15) is 5.52 Å². The highest BCUT2D eigenvalue weighted by Crippen LogP contribution is 2.41. The lowest BCUT2D eigenvalue weighted by Crippen LogP contribution is -2.29. The number of nitrogens with zero attached hydrogens (tertiary/aromatic N) is 5. The van der Waals surface area contributed by atoms with Gasteiger partial charge in [-0.25, -0.2) is 0 Å². The van der Waals surface area contributed by atoms with Gasteiger partial charge in [-0.1, -0.05) is 41.1 Å². The van der Waals surface area contributed by atoms with E-state index in [4.69, 9.17) is 11.6 Å². The summed E-state index contributed by atoms with van der Waals surface area (Å²) in [5.74, 6) is -0.194. The van der Waals surface area contributed by atoms with Crippen molar-refractivity contribution in [3.05, 3.63) is 75.6 Å². The predicted molar refractivity (Wildman–Crippen MR) is 110 cm³/mol. The molecule has 0 spiro atoms. The van der Waals surface area contributed by atoms with E-state index in [1.54, 1.807) is 23.1 Å². The largest absolute Gasteiger partial charge is 0.436 e. The number of aromatic amines is 1. The zero-order chi connectivity index (χ0) is 22.6. The van der Waals surface area contributed by atoms with Crippen LogP contribution in [0.25, 0.3) is 11.0 Å². The van der Waals surface area contributed by atoms with Crippen molar-refractivity contribution in [1.82, 2.24) is 30.1 Å². The summed E-state index contributed by atoms with van der Waals surface area (Å²) in [4.78, 5) is 14.8. The number of benzene rings is 2. The van der Waals surface area contributed by atoms with Gasteiger partial charge in [0, 0.05) is 25.6 Å². The lowest BCUT2D eigenvalue weighted by atomic mass is 10.00. The average molecular weight is 461 g/mol. The molecule has 0 saturated carbocycles. The molecule has 7 nitrogen and oxygen atoms in total. The Morgan fingerprint density at radius 1 is 1.19 bits per heavy atom. The van der Waals surface area contributed by atoms with Gasteiger partial charge in [-0.05, 0) is 29.3 Å². The van der Waals surface area contributed by atoms with E-state index in [2.05, 4.69) is 20.5 Å². The van der Waals surface area contributed by atoms with Crippen LogP contribution in [0.2, 0.25) is 5.02 Å². The van der Waals surface area contributed by atoms with Gasteiger partial charge >= 0.3 is 6.18 Å². The SMILES string of the molecule is Cn1nc(C(F)(F)F)c(Cl)c1CC1c2ccccc2C(=O)N1Cc1ccc2[nH]nnc2c1. The summed E-state index contributed by atoms with van der Waals surface area (Å²) >= 11 is 6.09. The number of alkyl halides is 3. The summed E-state index contributed by atoms with van der Waals surface area (Å²) in [6, 6.07) is 12.1. The van der Waals surface area contributed by atoms with Crippen LogP contribution in [0, 0.1) is 0 Å². The van der Waals surface area contributed by atoms with Crippen LogP contribution in [0.5, 0.6) is 0 Å². The van der Waals surface area contributed by atoms with E-state index < -0.39 is 22.9 Å². The van der Waals surface area contributed by atoms with Crippen molar-refractivity contribution in [2.24, 2.45) is 7.05 Å². The highest BCUT2D eigenvalue weighted by Gasteiger charge is 2.41. The molecule has 1 amide bonds. The average Bonchev–Trinajstić information content (AvgIpc) is 3.40. The van der Waals surface area contributed by atoms with Crippen molar-refractivity contribution in [2.75, 3.05) is 0 Å². The van der Waals surface area contributed by atoms with E-state index >= 15 is 0 Å². The molecule has 4 aromatic rings. The van der Waals surface area contributed by atoms with Crippen molar-refractivity contribution in [3.8, 4) is 0 Å². The van der Waals surface area contributed by atoms with Gasteiger partial charge in [-0.2, -0.15) is 18.3 Å². The number of H-pyrrole nitrogens is 1. The fourth-order valence-electron chi connectivity index (χ4n) is 4.15. The molecule has 1 N–H and O–H groups in total. The maximum absolute atomic E-state index is 13.3. The van der Waals surface area contributed by atoms with Crippen LogP contribution in [0.15, 0.2) is 42.5 Å². The molecule has 1 atom stereocenters. The van der Waals surface area contributed by atoms with Gasteiger partial charge in [-0.3, -0.25) is 14.6 Å². The molecule has 11 heteroatoms. The first-order chi connectivity index (χ1) is 15.2. The number of nitrogens with one attached hydrogen (secondary N) is 1. The molecule has 5 rings (SSSR count). The van der Waals surface area contributed by atoms with E-state index in [9.17, 15) is 18.0 Å². The second-order valence-electron chi connectivity index (χ2n) is 7.63. The normalized spacial score (nSPS) is 16.2. The molecule has 0 saturated heterocycles. The summed E-state index contributed by atoms with van der Waals surface area (Å²) in [7, 11) is 1.42.